The van der Waals surface area contributed by atoms with Crippen LogP contribution in [0.15, 0.2) is 152 Å². The van der Waals surface area contributed by atoms with Crippen molar-refractivity contribution in [3.8, 4) is 16.8 Å². The number of hydrogen-bond donors (Lipinski definition) is 1. The number of aromatic nitrogens is 1. The first-order chi connectivity index (χ1) is 22.2. The van der Waals surface area contributed by atoms with Crippen molar-refractivity contribution >= 4 is 40.4 Å². The van der Waals surface area contributed by atoms with Gasteiger partial charge in [-0.1, -0.05) is 121 Å². The second-order valence-corrected chi connectivity index (χ2v) is 11.5. The average molecular weight is 581 g/mol. The van der Waals surface area contributed by atoms with E-state index in [1.165, 1.54) is 49.9 Å². The van der Waals surface area contributed by atoms with Gasteiger partial charge in [0.05, 0.1) is 11.2 Å². The van der Waals surface area contributed by atoms with Gasteiger partial charge in [0, 0.05) is 28.5 Å². The molecule has 0 amide bonds. The molecule has 0 bridgehead atoms. The number of nitrogens with zero attached hydrogens (tertiary/aromatic N) is 1. The Morgan fingerprint density at radius 2 is 1.40 bits per heavy atom. The number of anilines is 1. The number of aryl methyl sites for hydroxylation is 1. The van der Waals surface area contributed by atoms with Crippen molar-refractivity contribution < 1.29 is 0 Å². The lowest BCUT2D eigenvalue weighted by Gasteiger charge is -2.10. The molecule has 1 heterocycles. The summed E-state index contributed by atoms with van der Waals surface area (Å²) >= 11 is 0. The first kappa shape index (κ1) is 28.2. The standard InChI is InChI=1S/C43H36N2/c1-32-19-22-35(23-20-32)36-24-26-38(27-25-36)44-30-29-41-40-17-8-9-18-42(40)45(39-15-6-3-7-16-39)43(41)28-21-33-11-10-14-37(31-33)34-12-4-2-5-13-34/h3-4,6-31,44H,2,5H2,1H3/b28-21-,30-29+. The maximum absolute atomic E-state index is 3.51. The minimum atomic E-state index is 1.05. The van der Waals surface area contributed by atoms with E-state index in [0.717, 1.165) is 29.9 Å². The lowest BCUT2D eigenvalue weighted by molar-refractivity contribution is 1.04. The summed E-state index contributed by atoms with van der Waals surface area (Å²) in [6.45, 7) is 2.12. The van der Waals surface area contributed by atoms with Gasteiger partial charge in [-0.25, -0.2) is 0 Å². The van der Waals surface area contributed by atoms with Gasteiger partial charge in [0.15, 0.2) is 0 Å². The molecule has 218 valence electrons. The van der Waals surface area contributed by atoms with Crippen molar-refractivity contribution in [2.75, 3.05) is 5.32 Å². The van der Waals surface area contributed by atoms with Crippen LogP contribution >= 0.6 is 0 Å². The zero-order valence-corrected chi connectivity index (χ0v) is 25.5. The summed E-state index contributed by atoms with van der Waals surface area (Å²) < 4.78 is 2.36. The molecular weight excluding hydrogens is 544 g/mol. The summed E-state index contributed by atoms with van der Waals surface area (Å²) in [6, 6.07) is 45.4. The molecule has 0 saturated heterocycles. The van der Waals surface area contributed by atoms with Crippen molar-refractivity contribution in [1.29, 1.82) is 0 Å². The fraction of sp³-hybridized carbons (Fsp3) is 0.0698. The zero-order valence-electron chi connectivity index (χ0n) is 25.5. The molecule has 0 atom stereocenters. The van der Waals surface area contributed by atoms with Gasteiger partial charge in [0.1, 0.15) is 0 Å². The summed E-state index contributed by atoms with van der Waals surface area (Å²) in [5.74, 6) is 0. The summed E-state index contributed by atoms with van der Waals surface area (Å²) in [5.41, 5.74) is 13.1. The lowest BCUT2D eigenvalue weighted by Crippen LogP contribution is -1.97. The fourth-order valence-electron chi connectivity index (χ4n) is 6.03. The quantitative estimate of drug-likeness (QED) is 0.189. The largest absolute Gasteiger partial charge is 0.362 e. The van der Waals surface area contributed by atoms with Crippen molar-refractivity contribution in [2.24, 2.45) is 0 Å². The number of benzene rings is 5. The monoisotopic (exact) mass is 580 g/mol. The first-order valence-corrected chi connectivity index (χ1v) is 15.7. The number of para-hydroxylation sites is 2. The molecule has 0 spiro atoms. The van der Waals surface area contributed by atoms with E-state index in [-0.39, 0.29) is 0 Å². The number of hydrogen-bond acceptors (Lipinski definition) is 1. The minimum Gasteiger partial charge on any atom is -0.362 e. The topological polar surface area (TPSA) is 17.0 Å². The highest BCUT2D eigenvalue weighted by atomic mass is 15.0. The molecule has 7 rings (SSSR count). The van der Waals surface area contributed by atoms with Crippen LogP contribution in [0, 0.1) is 6.92 Å². The Morgan fingerprint density at radius 3 is 2.18 bits per heavy atom. The first-order valence-electron chi connectivity index (χ1n) is 15.7. The minimum absolute atomic E-state index is 1.05. The van der Waals surface area contributed by atoms with Crippen molar-refractivity contribution in [3.05, 3.63) is 180 Å². The van der Waals surface area contributed by atoms with E-state index in [2.05, 4.69) is 187 Å². The molecule has 1 N–H and O–H groups in total. The van der Waals surface area contributed by atoms with Crippen LogP contribution in [0.3, 0.4) is 0 Å². The Labute approximate surface area is 266 Å². The van der Waals surface area contributed by atoms with Crippen LogP contribution in [0.5, 0.6) is 0 Å². The Bertz CT molecular complexity index is 2050. The molecule has 2 heteroatoms. The second-order valence-electron chi connectivity index (χ2n) is 11.5. The third-order valence-electron chi connectivity index (χ3n) is 8.38. The van der Waals surface area contributed by atoms with Crippen LogP contribution in [0.1, 0.15) is 40.8 Å². The van der Waals surface area contributed by atoms with Gasteiger partial charge in [-0.2, -0.15) is 0 Å². The predicted octanol–water partition coefficient (Wildman–Crippen LogP) is 11.6. The Kier molecular flexibility index (Phi) is 8.11. The Morgan fingerprint density at radius 1 is 0.644 bits per heavy atom. The number of nitrogens with one attached hydrogen (secondary N) is 1. The number of allylic oxidation sites excluding steroid dienone is 4. The normalized spacial score (nSPS) is 13.1. The maximum Gasteiger partial charge on any atom is 0.0541 e. The van der Waals surface area contributed by atoms with Gasteiger partial charge >= 0.3 is 0 Å². The molecule has 2 nitrogen and oxygen atoms in total. The molecule has 0 unspecified atom stereocenters. The average Bonchev–Trinajstić information content (AvgIpc) is 3.42. The zero-order chi connectivity index (χ0) is 30.4. The Hall–Kier alpha value is -5.60. The van der Waals surface area contributed by atoms with Gasteiger partial charge in [0.2, 0.25) is 0 Å². The third kappa shape index (κ3) is 6.23. The molecule has 0 radical (unpaired) electrons. The van der Waals surface area contributed by atoms with Crippen molar-refractivity contribution in [2.45, 2.75) is 19.8 Å². The van der Waals surface area contributed by atoms with E-state index in [0.29, 0.717) is 0 Å². The summed E-state index contributed by atoms with van der Waals surface area (Å²) in [5, 5.41) is 4.72. The van der Waals surface area contributed by atoms with E-state index >= 15 is 0 Å². The summed E-state index contributed by atoms with van der Waals surface area (Å²) in [7, 11) is 0. The second kappa shape index (κ2) is 13.0. The van der Waals surface area contributed by atoms with Crippen LogP contribution in [-0.2, 0) is 0 Å². The molecule has 1 aliphatic rings. The van der Waals surface area contributed by atoms with Gasteiger partial charge in [-0.3, -0.25) is 0 Å². The molecule has 45 heavy (non-hydrogen) atoms. The van der Waals surface area contributed by atoms with Crippen LogP contribution in [0.2, 0.25) is 0 Å². The molecule has 1 aliphatic carbocycles. The van der Waals surface area contributed by atoms with E-state index in [9.17, 15) is 0 Å². The third-order valence-corrected chi connectivity index (χ3v) is 8.38. The molecule has 6 aromatic rings. The summed E-state index contributed by atoms with van der Waals surface area (Å²) in [6.07, 6.45) is 17.8. The molecule has 5 aromatic carbocycles. The van der Waals surface area contributed by atoms with E-state index in [1.54, 1.807) is 0 Å². The number of rotatable bonds is 8. The van der Waals surface area contributed by atoms with Crippen LogP contribution in [0.4, 0.5) is 5.69 Å². The van der Waals surface area contributed by atoms with E-state index in [1.807, 2.05) is 0 Å². The van der Waals surface area contributed by atoms with Crippen LogP contribution < -0.4 is 5.32 Å². The molecular formula is C43H36N2. The fourth-order valence-corrected chi connectivity index (χ4v) is 6.03. The molecule has 0 saturated carbocycles. The van der Waals surface area contributed by atoms with Gasteiger partial charge in [-0.05, 0) is 96.1 Å². The predicted molar refractivity (Wildman–Crippen MR) is 194 cm³/mol. The van der Waals surface area contributed by atoms with Crippen molar-refractivity contribution in [3.63, 3.8) is 0 Å². The smallest absolute Gasteiger partial charge is 0.0541 e. The number of fused-ring (bicyclic) bond motifs is 1. The molecule has 0 fully saturated rings. The Balaban J connectivity index is 1.24. The van der Waals surface area contributed by atoms with Crippen LogP contribution in [-0.4, -0.2) is 4.57 Å². The lowest BCUT2D eigenvalue weighted by atomic mass is 9.98. The molecule has 1 aromatic heterocycles. The maximum atomic E-state index is 3.51. The van der Waals surface area contributed by atoms with Crippen molar-refractivity contribution in [1.82, 2.24) is 4.57 Å². The summed E-state index contributed by atoms with van der Waals surface area (Å²) in [4.78, 5) is 0. The van der Waals surface area contributed by atoms with Gasteiger partial charge in [-0.15, -0.1) is 0 Å². The van der Waals surface area contributed by atoms with Gasteiger partial charge < -0.3 is 9.88 Å². The van der Waals surface area contributed by atoms with Gasteiger partial charge in [0.25, 0.3) is 0 Å². The molecule has 0 aliphatic heterocycles. The SMILES string of the molecule is Cc1ccc(-c2ccc(N/C=C/c3c(/C=C\c4cccc(C5=CCCC=C5)c4)n(-c4ccccc4)c4ccccc34)cc2)cc1. The van der Waals surface area contributed by atoms with E-state index in [4.69, 9.17) is 0 Å². The van der Waals surface area contributed by atoms with E-state index < -0.39 is 0 Å². The highest BCUT2D eigenvalue weighted by Gasteiger charge is 2.15. The highest BCUT2D eigenvalue weighted by Crippen LogP contribution is 2.33. The highest BCUT2D eigenvalue weighted by molar-refractivity contribution is 5.97. The van der Waals surface area contributed by atoms with Crippen LogP contribution in [0.25, 0.3) is 51.5 Å².